The summed E-state index contributed by atoms with van der Waals surface area (Å²) in [5, 5.41) is 2.87. The molecule has 1 aliphatic heterocycles. The second-order valence-corrected chi connectivity index (χ2v) is 6.48. The fourth-order valence-corrected chi connectivity index (χ4v) is 2.77. The summed E-state index contributed by atoms with van der Waals surface area (Å²) in [7, 11) is 1.32. The van der Waals surface area contributed by atoms with E-state index in [0.717, 1.165) is 6.42 Å². The molecule has 6 heteroatoms. The molecule has 6 nitrogen and oxygen atoms in total. The largest absolute Gasteiger partial charge is 0.469 e. The molecule has 22 heavy (non-hydrogen) atoms. The molecule has 1 fully saturated rings. The molecule has 0 saturated carbocycles. The van der Waals surface area contributed by atoms with E-state index in [-0.39, 0.29) is 30.2 Å². The highest BCUT2D eigenvalue weighted by Crippen LogP contribution is 2.25. The number of carbonyl (C=O) groups is 3. The van der Waals surface area contributed by atoms with Crippen LogP contribution in [0.2, 0.25) is 0 Å². The topological polar surface area (TPSA) is 75.7 Å². The molecule has 0 aromatic heterocycles. The predicted molar refractivity (Wildman–Crippen MR) is 83.0 cm³/mol. The molecule has 2 amide bonds. The zero-order valence-corrected chi connectivity index (χ0v) is 14.2. The quantitative estimate of drug-likeness (QED) is 0.751. The first kappa shape index (κ1) is 18.5. The van der Waals surface area contributed by atoms with E-state index in [9.17, 15) is 14.4 Å². The number of esters is 1. The summed E-state index contributed by atoms with van der Waals surface area (Å²) in [6.45, 7) is 8.18. The first-order valence-corrected chi connectivity index (χ1v) is 7.95. The molecule has 0 aromatic rings. The molecular formula is C16H28N2O4. The molecule has 0 radical (unpaired) electrons. The van der Waals surface area contributed by atoms with Crippen molar-refractivity contribution in [1.82, 2.24) is 10.2 Å². The second-order valence-electron chi connectivity index (χ2n) is 6.48. The smallest absolute Gasteiger partial charge is 0.306 e. The minimum Gasteiger partial charge on any atom is -0.469 e. The maximum Gasteiger partial charge on any atom is 0.306 e. The summed E-state index contributed by atoms with van der Waals surface area (Å²) < 4.78 is 4.68. The van der Waals surface area contributed by atoms with Crippen molar-refractivity contribution in [2.75, 3.05) is 13.7 Å². The Hall–Kier alpha value is -1.59. The molecular weight excluding hydrogens is 284 g/mol. The summed E-state index contributed by atoms with van der Waals surface area (Å²) in [6, 6.07) is -0.380. The Labute approximate surface area is 132 Å². The predicted octanol–water partition coefficient (Wildman–Crippen LogP) is 1.34. The monoisotopic (exact) mass is 312 g/mol. The van der Waals surface area contributed by atoms with E-state index >= 15 is 0 Å². The summed E-state index contributed by atoms with van der Waals surface area (Å²) in [5.41, 5.74) is 0. The molecule has 0 unspecified atom stereocenters. The van der Waals surface area contributed by atoms with Crippen molar-refractivity contribution in [3.05, 3.63) is 0 Å². The average molecular weight is 312 g/mol. The lowest BCUT2D eigenvalue weighted by molar-refractivity contribution is -0.149. The van der Waals surface area contributed by atoms with Crippen LogP contribution < -0.4 is 5.32 Å². The molecule has 0 aromatic carbocycles. The van der Waals surface area contributed by atoms with Gasteiger partial charge in [-0.05, 0) is 32.6 Å². The first-order valence-electron chi connectivity index (χ1n) is 7.95. The van der Waals surface area contributed by atoms with Crippen molar-refractivity contribution in [3.63, 3.8) is 0 Å². The lowest BCUT2D eigenvalue weighted by Crippen LogP contribution is -2.50. The Kier molecular flexibility index (Phi) is 6.84. The molecule has 1 N–H and O–H groups in total. The van der Waals surface area contributed by atoms with Crippen LogP contribution in [-0.2, 0) is 19.1 Å². The van der Waals surface area contributed by atoms with Crippen molar-refractivity contribution < 1.29 is 19.1 Å². The third-order valence-corrected chi connectivity index (χ3v) is 4.01. The summed E-state index contributed by atoms with van der Waals surface area (Å²) >= 11 is 0. The van der Waals surface area contributed by atoms with Gasteiger partial charge in [-0.1, -0.05) is 13.8 Å². The second kappa shape index (κ2) is 8.15. The van der Waals surface area contributed by atoms with Crippen LogP contribution in [0.1, 0.15) is 47.0 Å². The van der Waals surface area contributed by atoms with E-state index in [2.05, 4.69) is 10.1 Å². The lowest BCUT2D eigenvalue weighted by Gasteiger charge is -2.30. The van der Waals surface area contributed by atoms with Crippen molar-refractivity contribution in [3.8, 4) is 0 Å². The van der Waals surface area contributed by atoms with Crippen LogP contribution in [0.15, 0.2) is 0 Å². The first-order chi connectivity index (χ1) is 10.3. The van der Waals surface area contributed by atoms with Crippen LogP contribution in [0.5, 0.6) is 0 Å². The van der Waals surface area contributed by atoms with Gasteiger partial charge in [-0.25, -0.2) is 0 Å². The highest BCUT2D eigenvalue weighted by Gasteiger charge is 2.38. The normalized spacial score (nSPS) is 19.4. The van der Waals surface area contributed by atoms with Crippen LogP contribution in [-0.4, -0.2) is 48.4 Å². The third kappa shape index (κ3) is 4.71. The van der Waals surface area contributed by atoms with Crippen LogP contribution >= 0.6 is 0 Å². The minimum absolute atomic E-state index is 0.0148. The number of methoxy groups -OCH3 is 1. The van der Waals surface area contributed by atoms with Gasteiger partial charge >= 0.3 is 5.97 Å². The Morgan fingerprint density at radius 2 is 1.86 bits per heavy atom. The number of amides is 2. The molecule has 1 heterocycles. The number of hydrogen-bond donors (Lipinski definition) is 1. The van der Waals surface area contributed by atoms with E-state index in [1.165, 1.54) is 7.11 Å². The molecule has 0 bridgehead atoms. The van der Waals surface area contributed by atoms with Gasteiger partial charge in [0.15, 0.2) is 0 Å². The Bertz CT molecular complexity index is 420. The average Bonchev–Trinajstić information content (AvgIpc) is 2.92. The van der Waals surface area contributed by atoms with E-state index in [4.69, 9.17) is 0 Å². The third-order valence-electron chi connectivity index (χ3n) is 4.01. The maximum atomic E-state index is 12.8. The van der Waals surface area contributed by atoms with Gasteiger partial charge in [0.05, 0.1) is 19.4 Å². The number of nitrogens with one attached hydrogen (secondary N) is 1. The zero-order valence-electron chi connectivity index (χ0n) is 14.2. The van der Waals surface area contributed by atoms with Crippen LogP contribution in [0, 0.1) is 11.8 Å². The number of nitrogens with zero attached hydrogens (tertiary/aromatic N) is 1. The van der Waals surface area contributed by atoms with Gasteiger partial charge in [-0.2, -0.15) is 0 Å². The summed E-state index contributed by atoms with van der Waals surface area (Å²) in [4.78, 5) is 38.2. The standard InChI is InChI=1S/C16H28N2O4/c1-10(2)12(9-14(19)22-5)16(21)18-8-6-7-13(18)15(20)17-11(3)4/h10-13H,6-9H2,1-5H3,(H,17,20)/t12-,13-/m0/s1. The van der Waals surface area contributed by atoms with Gasteiger partial charge in [-0.15, -0.1) is 0 Å². The molecule has 1 aliphatic rings. The number of carbonyl (C=O) groups excluding carboxylic acids is 3. The molecule has 126 valence electrons. The maximum absolute atomic E-state index is 12.8. The van der Waals surface area contributed by atoms with Crippen molar-refractivity contribution in [2.24, 2.45) is 11.8 Å². The molecule has 0 aliphatic carbocycles. The number of hydrogen-bond acceptors (Lipinski definition) is 4. The number of rotatable bonds is 6. The van der Waals surface area contributed by atoms with Gasteiger partial charge in [0, 0.05) is 12.6 Å². The Balaban J connectivity index is 2.83. The SMILES string of the molecule is COC(=O)C[C@H](C(=O)N1CCC[C@H]1C(=O)NC(C)C)C(C)C. The van der Waals surface area contributed by atoms with E-state index in [1.807, 2.05) is 27.7 Å². The fraction of sp³-hybridized carbons (Fsp3) is 0.812. The van der Waals surface area contributed by atoms with Gasteiger partial charge in [0.2, 0.25) is 11.8 Å². The molecule has 2 atom stereocenters. The zero-order chi connectivity index (χ0) is 16.9. The highest BCUT2D eigenvalue weighted by atomic mass is 16.5. The van der Waals surface area contributed by atoms with Crippen molar-refractivity contribution >= 4 is 17.8 Å². The fourth-order valence-electron chi connectivity index (χ4n) is 2.77. The van der Waals surface area contributed by atoms with E-state index in [1.54, 1.807) is 4.90 Å². The Morgan fingerprint density at radius 1 is 1.23 bits per heavy atom. The highest BCUT2D eigenvalue weighted by molar-refractivity contribution is 5.90. The number of ether oxygens (including phenoxy) is 1. The molecule has 1 rings (SSSR count). The van der Waals surface area contributed by atoms with Gasteiger partial charge in [0.25, 0.3) is 0 Å². The lowest BCUT2D eigenvalue weighted by atomic mass is 9.90. The summed E-state index contributed by atoms with van der Waals surface area (Å²) in [6.07, 6.45) is 1.54. The van der Waals surface area contributed by atoms with E-state index < -0.39 is 17.9 Å². The van der Waals surface area contributed by atoms with Crippen LogP contribution in [0.4, 0.5) is 0 Å². The molecule has 1 saturated heterocycles. The van der Waals surface area contributed by atoms with Gasteiger partial charge in [-0.3, -0.25) is 14.4 Å². The van der Waals surface area contributed by atoms with Crippen molar-refractivity contribution in [2.45, 2.75) is 59.0 Å². The van der Waals surface area contributed by atoms with E-state index in [0.29, 0.717) is 13.0 Å². The van der Waals surface area contributed by atoms with Gasteiger partial charge < -0.3 is 15.0 Å². The minimum atomic E-state index is -0.445. The molecule has 0 spiro atoms. The van der Waals surface area contributed by atoms with Gasteiger partial charge in [0.1, 0.15) is 6.04 Å². The number of likely N-dealkylation sites (tertiary alicyclic amines) is 1. The van der Waals surface area contributed by atoms with Crippen molar-refractivity contribution in [1.29, 1.82) is 0 Å². The Morgan fingerprint density at radius 3 is 2.36 bits per heavy atom. The van der Waals surface area contributed by atoms with Crippen LogP contribution in [0.3, 0.4) is 0 Å². The van der Waals surface area contributed by atoms with Crippen LogP contribution in [0.25, 0.3) is 0 Å². The summed E-state index contributed by atoms with van der Waals surface area (Å²) in [5.74, 6) is -1.06.